The zero-order valence-electron chi connectivity index (χ0n) is 12.2. The van der Waals surface area contributed by atoms with Crippen molar-refractivity contribution in [3.63, 3.8) is 0 Å². The Kier molecular flexibility index (Phi) is 4.37. The number of methoxy groups -OCH3 is 1. The summed E-state index contributed by atoms with van der Waals surface area (Å²) in [4.78, 5) is 35.8. The monoisotopic (exact) mass is 323 g/mol. The standard InChI is InChI=1S/C14H14ClN3O4/c1-17-7-9(13(20)18(2)14(17)21)12(19)16-8-4-5-11(22-3)10(15)6-8/h4-7H,1-3H3,(H,16,19). The van der Waals surface area contributed by atoms with E-state index in [0.29, 0.717) is 16.5 Å². The van der Waals surface area contributed by atoms with Crippen molar-refractivity contribution in [3.8, 4) is 5.75 Å². The predicted octanol–water partition coefficient (Wildman–Crippen LogP) is 0.998. The van der Waals surface area contributed by atoms with Crippen molar-refractivity contribution in [1.82, 2.24) is 9.13 Å². The summed E-state index contributed by atoms with van der Waals surface area (Å²) in [5, 5.41) is 2.88. The number of hydrogen-bond acceptors (Lipinski definition) is 4. The van der Waals surface area contributed by atoms with E-state index in [9.17, 15) is 14.4 Å². The van der Waals surface area contributed by atoms with Gasteiger partial charge in [0.15, 0.2) is 0 Å². The Balaban J connectivity index is 2.36. The molecule has 0 bridgehead atoms. The van der Waals surface area contributed by atoms with E-state index < -0.39 is 17.2 Å². The van der Waals surface area contributed by atoms with Crippen LogP contribution in [0.1, 0.15) is 10.4 Å². The fourth-order valence-electron chi connectivity index (χ4n) is 1.91. The topological polar surface area (TPSA) is 82.3 Å². The van der Waals surface area contributed by atoms with Gasteiger partial charge < -0.3 is 14.6 Å². The average Bonchev–Trinajstić information content (AvgIpc) is 2.49. The molecule has 0 aliphatic carbocycles. The highest BCUT2D eigenvalue weighted by Gasteiger charge is 2.15. The molecular weight excluding hydrogens is 310 g/mol. The van der Waals surface area contributed by atoms with Gasteiger partial charge in [-0.1, -0.05) is 11.6 Å². The van der Waals surface area contributed by atoms with Crippen LogP contribution in [0.3, 0.4) is 0 Å². The highest BCUT2D eigenvalue weighted by molar-refractivity contribution is 6.32. The van der Waals surface area contributed by atoms with E-state index in [1.54, 1.807) is 12.1 Å². The van der Waals surface area contributed by atoms with Gasteiger partial charge in [0.2, 0.25) is 0 Å². The van der Waals surface area contributed by atoms with Crippen LogP contribution in [-0.2, 0) is 14.1 Å². The van der Waals surface area contributed by atoms with Crippen LogP contribution >= 0.6 is 11.6 Å². The summed E-state index contributed by atoms with van der Waals surface area (Å²) in [7, 11) is 4.25. The molecule has 0 unspecified atom stereocenters. The molecule has 2 aromatic rings. The van der Waals surface area contributed by atoms with Crippen LogP contribution < -0.4 is 21.3 Å². The smallest absolute Gasteiger partial charge is 0.330 e. The van der Waals surface area contributed by atoms with E-state index in [1.807, 2.05) is 0 Å². The molecule has 8 heteroatoms. The van der Waals surface area contributed by atoms with E-state index in [0.717, 1.165) is 9.13 Å². The minimum Gasteiger partial charge on any atom is -0.495 e. The Morgan fingerprint density at radius 2 is 1.95 bits per heavy atom. The molecule has 2 rings (SSSR count). The molecular formula is C14H14ClN3O4. The summed E-state index contributed by atoms with van der Waals surface area (Å²) in [6.07, 6.45) is 1.20. The highest BCUT2D eigenvalue weighted by atomic mass is 35.5. The molecule has 1 N–H and O–H groups in total. The fourth-order valence-corrected chi connectivity index (χ4v) is 2.16. The van der Waals surface area contributed by atoms with Crippen molar-refractivity contribution >= 4 is 23.2 Å². The maximum absolute atomic E-state index is 12.2. The number of benzene rings is 1. The molecule has 0 atom stereocenters. The van der Waals surface area contributed by atoms with Gasteiger partial charge in [0.25, 0.3) is 11.5 Å². The van der Waals surface area contributed by atoms with Crippen molar-refractivity contribution in [2.24, 2.45) is 14.1 Å². The van der Waals surface area contributed by atoms with Gasteiger partial charge in [-0.3, -0.25) is 14.2 Å². The molecule has 0 saturated heterocycles. The molecule has 116 valence electrons. The Labute approximate surface area is 130 Å². The molecule has 1 aromatic heterocycles. The van der Waals surface area contributed by atoms with Gasteiger partial charge in [-0.05, 0) is 18.2 Å². The predicted molar refractivity (Wildman–Crippen MR) is 82.9 cm³/mol. The van der Waals surface area contributed by atoms with Gasteiger partial charge in [-0.25, -0.2) is 4.79 Å². The summed E-state index contributed by atoms with van der Waals surface area (Å²) in [6, 6.07) is 4.69. The van der Waals surface area contributed by atoms with Crippen LogP contribution in [0.4, 0.5) is 5.69 Å². The summed E-state index contributed by atoms with van der Waals surface area (Å²) >= 11 is 5.97. The first-order chi connectivity index (χ1) is 10.3. The maximum Gasteiger partial charge on any atom is 0.330 e. The average molecular weight is 324 g/mol. The number of rotatable bonds is 3. The van der Waals surface area contributed by atoms with E-state index >= 15 is 0 Å². The zero-order chi connectivity index (χ0) is 16.4. The number of nitrogens with one attached hydrogen (secondary N) is 1. The Morgan fingerprint density at radius 3 is 2.55 bits per heavy atom. The van der Waals surface area contributed by atoms with Crippen LogP contribution in [0.25, 0.3) is 0 Å². The molecule has 7 nitrogen and oxygen atoms in total. The minimum absolute atomic E-state index is 0.142. The molecule has 0 saturated carbocycles. The van der Waals surface area contributed by atoms with E-state index in [1.165, 1.54) is 33.5 Å². The van der Waals surface area contributed by atoms with Crippen LogP contribution in [-0.4, -0.2) is 22.2 Å². The number of hydrogen-bond donors (Lipinski definition) is 1. The molecule has 1 heterocycles. The lowest BCUT2D eigenvalue weighted by molar-refractivity contribution is 0.102. The number of halogens is 1. The third kappa shape index (κ3) is 2.89. The second-order valence-electron chi connectivity index (χ2n) is 4.60. The number of anilines is 1. The number of nitrogens with zero attached hydrogens (tertiary/aromatic N) is 2. The van der Waals surface area contributed by atoms with E-state index in [2.05, 4.69) is 5.32 Å². The molecule has 1 aromatic carbocycles. The van der Waals surface area contributed by atoms with Gasteiger partial charge in [0.1, 0.15) is 11.3 Å². The third-order valence-corrected chi connectivity index (χ3v) is 3.40. The highest BCUT2D eigenvalue weighted by Crippen LogP contribution is 2.27. The summed E-state index contributed by atoms with van der Waals surface area (Å²) in [5.41, 5.74) is -0.905. The lowest BCUT2D eigenvalue weighted by atomic mass is 10.2. The molecule has 1 amide bonds. The van der Waals surface area contributed by atoms with Crippen molar-refractivity contribution in [2.45, 2.75) is 0 Å². The lowest BCUT2D eigenvalue weighted by Gasteiger charge is -2.09. The molecule has 0 aliphatic heterocycles. The third-order valence-electron chi connectivity index (χ3n) is 3.10. The number of aryl methyl sites for hydroxylation is 1. The molecule has 22 heavy (non-hydrogen) atoms. The molecule has 0 radical (unpaired) electrons. The van der Waals surface area contributed by atoms with E-state index in [-0.39, 0.29) is 5.56 Å². The largest absolute Gasteiger partial charge is 0.495 e. The van der Waals surface area contributed by atoms with Crippen molar-refractivity contribution in [2.75, 3.05) is 12.4 Å². The summed E-state index contributed by atoms with van der Waals surface area (Å²) in [6.45, 7) is 0. The quantitative estimate of drug-likeness (QED) is 0.913. The minimum atomic E-state index is -0.666. The summed E-state index contributed by atoms with van der Waals surface area (Å²) < 4.78 is 7.05. The van der Waals surface area contributed by atoms with Gasteiger partial charge >= 0.3 is 5.69 Å². The maximum atomic E-state index is 12.2. The van der Waals surface area contributed by atoms with Crippen molar-refractivity contribution in [1.29, 1.82) is 0 Å². The lowest BCUT2D eigenvalue weighted by Crippen LogP contribution is -2.40. The molecule has 0 aliphatic rings. The summed E-state index contributed by atoms with van der Waals surface area (Å²) in [5.74, 6) is -0.157. The van der Waals surface area contributed by atoms with Crippen molar-refractivity contribution in [3.05, 3.63) is 55.8 Å². The van der Waals surface area contributed by atoms with Gasteiger partial charge in [0, 0.05) is 26.0 Å². The number of amides is 1. The number of aromatic nitrogens is 2. The van der Waals surface area contributed by atoms with Crippen LogP contribution in [0.2, 0.25) is 5.02 Å². The second-order valence-corrected chi connectivity index (χ2v) is 5.01. The van der Waals surface area contributed by atoms with Crippen LogP contribution in [0.15, 0.2) is 34.0 Å². The first-order valence-corrected chi connectivity index (χ1v) is 6.64. The molecule has 0 spiro atoms. The van der Waals surface area contributed by atoms with Crippen LogP contribution in [0, 0.1) is 0 Å². The van der Waals surface area contributed by atoms with Gasteiger partial charge in [-0.2, -0.15) is 0 Å². The zero-order valence-corrected chi connectivity index (χ0v) is 13.0. The van der Waals surface area contributed by atoms with Crippen LogP contribution in [0.5, 0.6) is 5.75 Å². The fraction of sp³-hybridized carbons (Fsp3) is 0.214. The Hall–Kier alpha value is -2.54. The number of carbonyl (C=O) groups excluding carboxylic acids is 1. The first kappa shape index (κ1) is 15.8. The van der Waals surface area contributed by atoms with E-state index in [4.69, 9.17) is 16.3 Å². The Bertz CT molecular complexity index is 854. The molecule has 0 fully saturated rings. The normalized spacial score (nSPS) is 10.4. The SMILES string of the molecule is COc1ccc(NC(=O)c2cn(C)c(=O)n(C)c2=O)cc1Cl. The van der Waals surface area contributed by atoms with Crippen molar-refractivity contribution < 1.29 is 9.53 Å². The number of ether oxygens (including phenoxy) is 1. The first-order valence-electron chi connectivity index (χ1n) is 6.26. The number of carbonyl (C=O) groups is 1. The van der Waals surface area contributed by atoms with Gasteiger partial charge in [0.05, 0.1) is 12.1 Å². The Morgan fingerprint density at radius 1 is 1.27 bits per heavy atom. The second kappa shape index (κ2) is 6.07. The van der Waals surface area contributed by atoms with Gasteiger partial charge in [-0.15, -0.1) is 0 Å².